The SMILES string of the molecule is OCCCc1cn[nH]c1C(F)(F)C(F)(F)C(F)(F)C(F)(F)c1[nH]ncc1CCCO. The van der Waals surface area contributed by atoms with Gasteiger partial charge in [0.05, 0.1) is 12.4 Å². The lowest BCUT2D eigenvalue weighted by molar-refractivity contribution is -0.376. The van der Waals surface area contributed by atoms with Crippen LogP contribution in [0.25, 0.3) is 0 Å². The molecule has 0 spiro atoms. The summed E-state index contributed by atoms with van der Waals surface area (Å²) in [5.74, 6) is -24.6. The molecule has 2 aromatic rings. The number of rotatable bonds is 11. The van der Waals surface area contributed by atoms with Crippen LogP contribution in [-0.2, 0) is 24.7 Å². The van der Waals surface area contributed by atoms with Crippen molar-refractivity contribution < 1.29 is 45.3 Å². The van der Waals surface area contributed by atoms with Gasteiger partial charge < -0.3 is 10.2 Å². The highest BCUT2D eigenvalue weighted by Gasteiger charge is 2.82. The van der Waals surface area contributed by atoms with E-state index < -0.39 is 72.3 Å². The summed E-state index contributed by atoms with van der Waals surface area (Å²) in [6.45, 7) is -1.03. The summed E-state index contributed by atoms with van der Waals surface area (Å²) in [5, 5.41) is 26.6. The van der Waals surface area contributed by atoms with E-state index in [0.29, 0.717) is 12.4 Å². The van der Waals surface area contributed by atoms with Crippen LogP contribution in [0.3, 0.4) is 0 Å². The van der Waals surface area contributed by atoms with Crippen molar-refractivity contribution in [3.63, 3.8) is 0 Å². The number of aromatic amines is 2. The summed E-state index contributed by atoms with van der Waals surface area (Å²) in [5.41, 5.74) is -4.75. The van der Waals surface area contributed by atoms with E-state index >= 15 is 0 Å². The van der Waals surface area contributed by atoms with Crippen molar-refractivity contribution in [2.45, 2.75) is 49.4 Å². The predicted octanol–water partition coefficient (Wildman–Crippen LogP) is 3.14. The van der Waals surface area contributed by atoms with Gasteiger partial charge >= 0.3 is 23.7 Å². The molecule has 0 radical (unpaired) electrons. The minimum absolute atomic E-state index is 0.177. The molecule has 14 heteroatoms. The second-order valence-electron chi connectivity index (χ2n) is 6.49. The number of hydrogen-bond donors (Lipinski definition) is 4. The van der Waals surface area contributed by atoms with E-state index in [9.17, 15) is 35.1 Å². The smallest absolute Gasteiger partial charge is 0.384 e. The van der Waals surface area contributed by atoms with Gasteiger partial charge in [-0.15, -0.1) is 0 Å². The highest BCUT2D eigenvalue weighted by molar-refractivity contribution is 5.29. The third-order valence-corrected chi connectivity index (χ3v) is 4.46. The molecule has 0 atom stereocenters. The maximum absolute atomic E-state index is 14.5. The van der Waals surface area contributed by atoms with Crippen molar-refractivity contribution in [1.82, 2.24) is 20.4 Å². The number of H-pyrrole nitrogens is 2. The monoisotopic (exact) mass is 450 g/mol. The quantitative estimate of drug-likeness (QED) is 0.396. The summed E-state index contributed by atoms with van der Waals surface area (Å²) < 4.78 is 115. The first-order valence-corrected chi connectivity index (χ1v) is 8.64. The first kappa shape index (κ1) is 24.1. The molecule has 0 aliphatic rings. The lowest BCUT2D eigenvalue weighted by Crippen LogP contribution is -2.60. The normalized spacial score (nSPS) is 13.8. The second kappa shape index (κ2) is 8.49. The van der Waals surface area contributed by atoms with E-state index in [1.165, 1.54) is 10.2 Å². The Hall–Kier alpha value is -2.22. The van der Waals surface area contributed by atoms with Crippen LogP contribution in [0.5, 0.6) is 0 Å². The minimum atomic E-state index is -6.55. The van der Waals surface area contributed by atoms with Gasteiger partial charge in [0.1, 0.15) is 11.4 Å². The first-order chi connectivity index (χ1) is 13.9. The summed E-state index contributed by atoms with van der Waals surface area (Å²) >= 11 is 0. The molecule has 2 heterocycles. The minimum Gasteiger partial charge on any atom is -0.396 e. The summed E-state index contributed by atoms with van der Waals surface area (Å²) in [4.78, 5) is 0. The molecule has 0 unspecified atom stereocenters. The fraction of sp³-hybridized carbons (Fsp3) is 0.625. The molecule has 2 rings (SSSR count). The summed E-state index contributed by atoms with van der Waals surface area (Å²) in [7, 11) is 0. The average Bonchev–Trinajstić information content (AvgIpc) is 3.33. The molecule has 0 aromatic carbocycles. The zero-order chi connectivity index (χ0) is 22.8. The topological polar surface area (TPSA) is 97.8 Å². The molecule has 0 saturated carbocycles. The van der Waals surface area contributed by atoms with E-state index in [-0.39, 0.29) is 12.8 Å². The Balaban J connectivity index is 2.48. The average molecular weight is 450 g/mol. The number of nitrogens with zero attached hydrogens (tertiary/aromatic N) is 2. The van der Waals surface area contributed by atoms with Crippen LogP contribution in [0.1, 0.15) is 35.4 Å². The summed E-state index contributed by atoms with van der Waals surface area (Å²) in [6.07, 6.45) is 0.107. The Morgan fingerprint density at radius 2 is 1.00 bits per heavy atom. The summed E-state index contributed by atoms with van der Waals surface area (Å²) in [6, 6.07) is 0. The van der Waals surface area contributed by atoms with Crippen LogP contribution < -0.4 is 0 Å². The van der Waals surface area contributed by atoms with Gasteiger partial charge in [-0.3, -0.25) is 10.2 Å². The van der Waals surface area contributed by atoms with Gasteiger partial charge in [-0.05, 0) is 36.8 Å². The number of nitrogens with one attached hydrogen (secondary N) is 2. The molecular formula is C16H18F8N4O2. The van der Waals surface area contributed by atoms with E-state index in [2.05, 4.69) is 10.2 Å². The van der Waals surface area contributed by atoms with Crippen molar-refractivity contribution in [1.29, 1.82) is 0 Å². The molecule has 0 aliphatic carbocycles. The van der Waals surface area contributed by atoms with Crippen molar-refractivity contribution in [3.05, 3.63) is 34.9 Å². The van der Waals surface area contributed by atoms with Crippen molar-refractivity contribution >= 4 is 0 Å². The predicted molar refractivity (Wildman–Crippen MR) is 85.7 cm³/mol. The Morgan fingerprint density at radius 1 is 0.667 bits per heavy atom. The molecule has 170 valence electrons. The number of hydrogen-bond acceptors (Lipinski definition) is 4. The Bertz CT molecular complexity index is 769. The van der Waals surface area contributed by atoms with Crippen molar-refractivity contribution in [2.75, 3.05) is 13.2 Å². The van der Waals surface area contributed by atoms with E-state index in [0.717, 1.165) is 0 Å². The molecule has 4 N–H and O–H groups in total. The maximum Gasteiger partial charge on any atom is 0.384 e. The number of aromatic nitrogens is 4. The number of aliphatic hydroxyl groups is 2. The molecule has 0 fully saturated rings. The second-order valence-corrected chi connectivity index (χ2v) is 6.49. The van der Waals surface area contributed by atoms with Crippen LogP contribution in [0.2, 0.25) is 0 Å². The fourth-order valence-corrected chi connectivity index (χ4v) is 2.79. The zero-order valence-electron chi connectivity index (χ0n) is 15.2. The standard InChI is InChI=1S/C16H18F8N4O2/c17-13(18,11-9(3-1-5-29)7-25-27-11)15(21,22)16(23,24)14(19,20)12-10(4-2-6-30)8-26-28-12/h7-8,29-30H,1-6H2,(H,25,27)(H,26,28). The van der Waals surface area contributed by atoms with Crippen molar-refractivity contribution in [3.8, 4) is 0 Å². The molecule has 2 aromatic heterocycles. The molecule has 0 bridgehead atoms. The molecule has 0 amide bonds. The number of alkyl halides is 8. The molecule has 0 aliphatic heterocycles. The third-order valence-electron chi connectivity index (χ3n) is 4.46. The number of aryl methyl sites for hydroxylation is 2. The molecule has 6 nitrogen and oxygen atoms in total. The maximum atomic E-state index is 14.5. The largest absolute Gasteiger partial charge is 0.396 e. The van der Waals surface area contributed by atoms with Gasteiger partial charge in [-0.1, -0.05) is 0 Å². The van der Waals surface area contributed by atoms with Crippen LogP contribution >= 0.6 is 0 Å². The third kappa shape index (κ3) is 3.77. The van der Waals surface area contributed by atoms with Gasteiger partial charge in [-0.2, -0.15) is 45.3 Å². The highest BCUT2D eigenvalue weighted by atomic mass is 19.4. The molecule has 30 heavy (non-hydrogen) atoms. The van der Waals surface area contributed by atoms with Gasteiger partial charge in [0.2, 0.25) is 0 Å². The Kier molecular flexibility index (Phi) is 6.81. The lowest BCUT2D eigenvalue weighted by Gasteiger charge is -2.36. The highest BCUT2D eigenvalue weighted by Crippen LogP contribution is 2.59. The molecular weight excluding hydrogens is 432 g/mol. The van der Waals surface area contributed by atoms with Crippen LogP contribution in [-0.4, -0.2) is 55.7 Å². The van der Waals surface area contributed by atoms with Gasteiger partial charge in [0.15, 0.2) is 0 Å². The van der Waals surface area contributed by atoms with Crippen LogP contribution in [0.4, 0.5) is 35.1 Å². The van der Waals surface area contributed by atoms with Gasteiger partial charge in [-0.25, -0.2) is 0 Å². The van der Waals surface area contributed by atoms with E-state index in [1.807, 2.05) is 0 Å². The van der Waals surface area contributed by atoms with Gasteiger partial charge in [0.25, 0.3) is 0 Å². The zero-order valence-corrected chi connectivity index (χ0v) is 15.2. The van der Waals surface area contributed by atoms with Crippen LogP contribution in [0, 0.1) is 0 Å². The van der Waals surface area contributed by atoms with E-state index in [4.69, 9.17) is 10.2 Å². The van der Waals surface area contributed by atoms with Crippen LogP contribution in [0.15, 0.2) is 12.4 Å². The fourth-order valence-electron chi connectivity index (χ4n) is 2.79. The first-order valence-electron chi connectivity index (χ1n) is 8.64. The Labute approximate surface area is 164 Å². The van der Waals surface area contributed by atoms with E-state index in [1.54, 1.807) is 0 Å². The van der Waals surface area contributed by atoms with Gasteiger partial charge in [0, 0.05) is 13.2 Å². The van der Waals surface area contributed by atoms with Crippen molar-refractivity contribution in [2.24, 2.45) is 0 Å². The Morgan fingerprint density at radius 3 is 1.30 bits per heavy atom. The number of aliphatic hydroxyl groups excluding tert-OH is 2. The number of halogens is 8. The molecule has 0 saturated heterocycles. The lowest BCUT2D eigenvalue weighted by atomic mass is 9.91.